The van der Waals surface area contributed by atoms with Crippen LogP contribution in [-0.2, 0) is 22.6 Å². The molecule has 1 aromatic rings. The van der Waals surface area contributed by atoms with E-state index in [0.717, 1.165) is 31.9 Å². The highest BCUT2D eigenvalue weighted by Crippen LogP contribution is 2.29. The van der Waals surface area contributed by atoms with Gasteiger partial charge in [0.05, 0.1) is 6.61 Å². The number of hydrogen-bond donors (Lipinski definition) is 2. The highest BCUT2D eigenvalue weighted by molar-refractivity contribution is 5.95. The largest absolute Gasteiger partial charge is 0.366 e. The first-order valence-corrected chi connectivity index (χ1v) is 8.60. The summed E-state index contributed by atoms with van der Waals surface area (Å²) in [6.07, 6.45) is 0.815. The molecular formula is C18H29Cl2N3O2. The van der Waals surface area contributed by atoms with Crippen LogP contribution >= 0.6 is 24.8 Å². The normalized spacial score (nSPS) is 19.7. The molecule has 142 valence electrons. The molecule has 0 aromatic heterocycles. The topological polar surface area (TPSA) is 53.6 Å². The number of fused-ring (bicyclic) bond motifs is 1. The van der Waals surface area contributed by atoms with Crippen LogP contribution in [0.25, 0.3) is 0 Å². The number of ether oxygens (including phenoxy) is 1. The Hall–Kier alpha value is -0.850. The van der Waals surface area contributed by atoms with E-state index < -0.39 is 6.10 Å². The summed E-state index contributed by atoms with van der Waals surface area (Å²) in [7, 11) is 0. The molecule has 7 heteroatoms. The standard InChI is InChI=1S/C18H27N3O2.2ClH/c1-13(2)6-8-21-11-14-4-3-5-16(15(14)12-21)20-18(22)17-10-19-7-9-23-17;;/h3-5,13,17,19H,6-12H2,1-2H3,(H,20,22);2*1H/t17-;;/m1../s1. The van der Waals surface area contributed by atoms with E-state index in [0.29, 0.717) is 19.1 Å². The van der Waals surface area contributed by atoms with Crippen molar-refractivity contribution in [2.24, 2.45) is 5.92 Å². The molecule has 1 saturated heterocycles. The highest BCUT2D eigenvalue weighted by atomic mass is 35.5. The van der Waals surface area contributed by atoms with Gasteiger partial charge >= 0.3 is 0 Å². The fraction of sp³-hybridized carbons (Fsp3) is 0.611. The number of morpholine rings is 1. The first-order chi connectivity index (χ1) is 11.1. The Kier molecular flexibility index (Phi) is 9.17. The zero-order valence-corrected chi connectivity index (χ0v) is 16.5. The Labute approximate surface area is 162 Å². The summed E-state index contributed by atoms with van der Waals surface area (Å²) in [5.41, 5.74) is 3.52. The van der Waals surface area contributed by atoms with Crippen LogP contribution in [0.5, 0.6) is 0 Å². The Morgan fingerprint density at radius 1 is 1.36 bits per heavy atom. The number of amides is 1. The molecule has 1 amide bonds. The van der Waals surface area contributed by atoms with Crippen molar-refractivity contribution in [1.82, 2.24) is 10.2 Å². The van der Waals surface area contributed by atoms with Crippen LogP contribution in [0.4, 0.5) is 5.69 Å². The minimum Gasteiger partial charge on any atom is -0.366 e. The highest BCUT2D eigenvalue weighted by Gasteiger charge is 2.25. The molecule has 0 unspecified atom stereocenters. The maximum atomic E-state index is 12.4. The predicted molar refractivity (Wildman–Crippen MR) is 106 cm³/mol. The van der Waals surface area contributed by atoms with Crippen molar-refractivity contribution >= 4 is 36.4 Å². The average Bonchev–Trinajstić information content (AvgIpc) is 2.98. The van der Waals surface area contributed by atoms with Gasteiger partial charge in [0.2, 0.25) is 0 Å². The summed E-state index contributed by atoms with van der Waals surface area (Å²) in [4.78, 5) is 14.8. The van der Waals surface area contributed by atoms with Gasteiger partial charge in [0.25, 0.3) is 5.91 Å². The Morgan fingerprint density at radius 2 is 2.16 bits per heavy atom. The molecule has 0 radical (unpaired) electrons. The van der Waals surface area contributed by atoms with Gasteiger partial charge in [-0.05, 0) is 36.1 Å². The lowest BCUT2D eigenvalue weighted by Crippen LogP contribution is -2.45. The second-order valence-corrected chi connectivity index (χ2v) is 6.89. The monoisotopic (exact) mass is 389 g/mol. The van der Waals surface area contributed by atoms with Crippen LogP contribution in [0.1, 0.15) is 31.4 Å². The smallest absolute Gasteiger partial charge is 0.254 e. The molecule has 2 heterocycles. The quantitative estimate of drug-likeness (QED) is 0.812. The minimum atomic E-state index is -0.391. The third-order valence-electron chi connectivity index (χ3n) is 4.55. The summed E-state index contributed by atoms with van der Waals surface area (Å²) in [5, 5.41) is 6.26. The lowest BCUT2D eigenvalue weighted by molar-refractivity contribution is -0.128. The van der Waals surface area contributed by atoms with Gasteiger partial charge in [0, 0.05) is 31.9 Å². The third kappa shape index (κ3) is 5.83. The number of halogens is 2. The Morgan fingerprint density at radius 3 is 2.84 bits per heavy atom. The second kappa shape index (κ2) is 10.3. The van der Waals surface area contributed by atoms with Gasteiger partial charge in [0.1, 0.15) is 6.10 Å². The summed E-state index contributed by atoms with van der Waals surface area (Å²) in [6, 6.07) is 6.19. The van der Waals surface area contributed by atoms with E-state index in [2.05, 4.69) is 35.4 Å². The minimum absolute atomic E-state index is 0. The van der Waals surface area contributed by atoms with E-state index in [1.54, 1.807) is 0 Å². The SMILES string of the molecule is CC(C)CCN1Cc2cccc(NC(=O)[C@H]3CNCCO3)c2C1.Cl.Cl. The van der Waals surface area contributed by atoms with E-state index in [1.807, 2.05) is 12.1 Å². The zero-order valence-electron chi connectivity index (χ0n) is 14.9. The lowest BCUT2D eigenvalue weighted by Gasteiger charge is -2.23. The molecule has 3 rings (SSSR count). The molecule has 25 heavy (non-hydrogen) atoms. The van der Waals surface area contributed by atoms with Crippen LogP contribution in [0.2, 0.25) is 0 Å². The Bertz CT molecular complexity index is 563. The first-order valence-electron chi connectivity index (χ1n) is 8.60. The Balaban J connectivity index is 0.00000156. The van der Waals surface area contributed by atoms with Gasteiger partial charge in [-0.3, -0.25) is 9.69 Å². The molecular weight excluding hydrogens is 361 g/mol. The van der Waals surface area contributed by atoms with Crippen molar-refractivity contribution in [2.75, 3.05) is 31.6 Å². The third-order valence-corrected chi connectivity index (χ3v) is 4.55. The van der Waals surface area contributed by atoms with Gasteiger partial charge < -0.3 is 15.4 Å². The summed E-state index contributed by atoms with van der Waals surface area (Å²) < 4.78 is 5.53. The zero-order chi connectivity index (χ0) is 16.2. The molecule has 0 saturated carbocycles. The van der Waals surface area contributed by atoms with Crippen LogP contribution in [0.15, 0.2) is 18.2 Å². The van der Waals surface area contributed by atoms with Crippen molar-refractivity contribution < 1.29 is 9.53 Å². The summed E-state index contributed by atoms with van der Waals surface area (Å²) in [5.74, 6) is 0.667. The second-order valence-electron chi connectivity index (χ2n) is 6.89. The van der Waals surface area contributed by atoms with E-state index in [4.69, 9.17) is 4.74 Å². The van der Waals surface area contributed by atoms with Crippen LogP contribution in [-0.4, -0.2) is 43.2 Å². The number of nitrogens with one attached hydrogen (secondary N) is 2. The van der Waals surface area contributed by atoms with Crippen LogP contribution in [0, 0.1) is 5.92 Å². The summed E-state index contributed by atoms with van der Waals surface area (Å²) >= 11 is 0. The predicted octanol–water partition coefficient (Wildman–Crippen LogP) is 2.82. The molecule has 5 nitrogen and oxygen atoms in total. The number of carbonyl (C=O) groups excluding carboxylic acids is 1. The van der Waals surface area contributed by atoms with E-state index in [9.17, 15) is 4.79 Å². The van der Waals surface area contributed by atoms with Crippen molar-refractivity contribution in [1.29, 1.82) is 0 Å². The molecule has 2 aliphatic rings. The molecule has 0 spiro atoms. The van der Waals surface area contributed by atoms with Crippen molar-refractivity contribution in [3.8, 4) is 0 Å². The van der Waals surface area contributed by atoms with Gasteiger partial charge in [-0.15, -0.1) is 24.8 Å². The molecule has 0 aliphatic carbocycles. The van der Waals surface area contributed by atoms with Crippen molar-refractivity contribution in [2.45, 2.75) is 39.5 Å². The number of rotatable bonds is 5. The number of anilines is 1. The fourth-order valence-corrected chi connectivity index (χ4v) is 3.15. The fourth-order valence-electron chi connectivity index (χ4n) is 3.15. The van der Waals surface area contributed by atoms with Gasteiger partial charge in [-0.2, -0.15) is 0 Å². The molecule has 2 aliphatic heterocycles. The van der Waals surface area contributed by atoms with E-state index in [-0.39, 0.29) is 30.7 Å². The molecule has 1 fully saturated rings. The molecule has 1 atom stereocenters. The summed E-state index contributed by atoms with van der Waals surface area (Å²) in [6.45, 7) is 9.51. The van der Waals surface area contributed by atoms with Gasteiger partial charge in [-0.25, -0.2) is 0 Å². The van der Waals surface area contributed by atoms with Crippen molar-refractivity contribution in [3.63, 3.8) is 0 Å². The lowest BCUT2D eigenvalue weighted by atomic mass is 10.1. The van der Waals surface area contributed by atoms with E-state index in [1.165, 1.54) is 17.5 Å². The number of carbonyl (C=O) groups is 1. The first kappa shape index (κ1) is 22.2. The van der Waals surface area contributed by atoms with Gasteiger partial charge in [-0.1, -0.05) is 26.0 Å². The maximum absolute atomic E-state index is 12.4. The molecule has 2 N–H and O–H groups in total. The van der Waals surface area contributed by atoms with Crippen LogP contribution in [0.3, 0.4) is 0 Å². The number of hydrogen-bond acceptors (Lipinski definition) is 4. The number of nitrogens with zero attached hydrogens (tertiary/aromatic N) is 1. The van der Waals surface area contributed by atoms with Crippen LogP contribution < -0.4 is 10.6 Å². The van der Waals surface area contributed by atoms with Crippen molar-refractivity contribution in [3.05, 3.63) is 29.3 Å². The van der Waals surface area contributed by atoms with E-state index >= 15 is 0 Å². The average molecular weight is 390 g/mol. The maximum Gasteiger partial charge on any atom is 0.254 e. The molecule has 1 aromatic carbocycles. The number of benzene rings is 1. The van der Waals surface area contributed by atoms with Gasteiger partial charge in [0.15, 0.2) is 0 Å². The molecule has 0 bridgehead atoms.